The van der Waals surface area contributed by atoms with Gasteiger partial charge in [-0.25, -0.2) is 5.43 Å². The van der Waals surface area contributed by atoms with Crippen molar-refractivity contribution in [2.45, 2.75) is 39.2 Å². The predicted molar refractivity (Wildman–Crippen MR) is 84.6 cm³/mol. The highest BCUT2D eigenvalue weighted by molar-refractivity contribution is 6.05. The van der Waals surface area contributed by atoms with Crippen LogP contribution in [0.1, 0.15) is 33.1 Å². The van der Waals surface area contributed by atoms with Crippen molar-refractivity contribution in [2.75, 3.05) is 6.61 Å². The van der Waals surface area contributed by atoms with E-state index in [9.17, 15) is 9.59 Å². The molecule has 1 saturated carbocycles. The molecule has 0 spiro atoms. The Hall–Kier alpha value is -2.37. The van der Waals surface area contributed by atoms with Gasteiger partial charge in [0.25, 0.3) is 5.91 Å². The molecule has 2 aliphatic rings. The van der Waals surface area contributed by atoms with Crippen LogP contribution in [0.5, 0.6) is 11.5 Å². The highest BCUT2D eigenvalue weighted by atomic mass is 16.6. The van der Waals surface area contributed by atoms with Crippen molar-refractivity contribution in [3.05, 3.63) is 24.3 Å². The lowest BCUT2D eigenvalue weighted by Crippen LogP contribution is -2.43. The van der Waals surface area contributed by atoms with E-state index in [0.717, 1.165) is 0 Å². The molecule has 0 saturated heterocycles. The van der Waals surface area contributed by atoms with E-state index in [0.29, 0.717) is 36.5 Å². The minimum absolute atomic E-state index is 0.109. The lowest BCUT2D eigenvalue weighted by atomic mass is 9.76. The number of nitrogens with one attached hydrogen (secondary N) is 1. The van der Waals surface area contributed by atoms with Crippen LogP contribution in [-0.2, 0) is 9.59 Å². The van der Waals surface area contributed by atoms with E-state index in [-0.39, 0.29) is 23.7 Å². The maximum absolute atomic E-state index is 12.2. The number of carbonyl (C=O) groups is 2. The maximum atomic E-state index is 12.2. The largest absolute Gasteiger partial charge is 0.485 e. The van der Waals surface area contributed by atoms with Gasteiger partial charge in [0.1, 0.15) is 12.4 Å². The first-order valence-corrected chi connectivity index (χ1v) is 7.68. The molecule has 1 amide bonds. The van der Waals surface area contributed by atoms with E-state index in [4.69, 9.17) is 9.47 Å². The van der Waals surface area contributed by atoms with Crippen molar-refractivity contribution in [3.63, 3.8) is 0 Å². The fraction of sp³-hybridized carbons (Fsp3) is 0.471. The number of ketones is 1. The Kier molecular flexibility index (Phi) is 4.07. The minimum Gasteiger partial charge on any atom is -0.485 e. The Morgan fingerprint density at radius 1 is 1.26 bits per heavy atom. The lowest BCUT2D eigenvalue weighted by Gasteiger charge is -2.29. The van der Waals surface area contributed by atoms with Crippen LogP contribution in [0.2, 0.25) is 0 Å². The summed E-state index contributed by atoms with van der Waals surface area (Å²) in [5.41, 5.74) is 3.10. The smallest absolute Gasteiger partial charge is 0.284 e. The Labute approximate surface area is 134 Å². The molecular formula is C17H20N2O4. The average Bonchev–Trinajstić information content (AvgIpc) is 2.50. The molecule has 0 aromatic heterocycles. The number of fused-ring (bicyclic) bond motifs is 1. The second kappa shape index (κ2) is 6.02. The second-order valence-corrected chi connectivity index (χ2v) is 6.75. The van der Waals surface area contributed by atoms with Gasteiger partial charge in [0.2, 0.25) is 6.10 Å². The number of Topliss-reactive ketones (excluding diaryl/α,β-unsaturated/α-hetero) is 1. The molecule has 122 valence electrons. The Bertz CT molecular complexity index is 666. The molecule has 3 rings (SSSR count). The molecule has 0 radical (unpaired) electrons. The quantitative estimate of drug-likeness (QED) is 0.848. The number of carbonyl (C=O) groups excluding carboxylic acids is 2. The van der Waals surface area contributed by atoms with Crippen molar-refractivity contribution in [2.24, 2.45) is 10.5 Å². The third kappa shape index (κ3) is 3.70. The zero-order valence-corrected chi connectivity index (χ0v) is 13.3. The Morgan fingerprint density at radius 3 is 2.74 bits per heavy atom. The zero-order valence-electron chi connectivity index (χ0n) is 13.3. The highest BCUT2D eigenvalue weighted by Gasteiger charge is 2.31. The SMILES string of the molecule is CC1(C)CC(=O)CC(=NNC(=O)[C@H]2COc3ccccc3O2)C1. The molecule has 1 fully saturated rings. The topological polar surface area (TPSA) is 77.0 Å². The summed E-state index contributed by atoms with van der Waals surface area (Å²) in [6.45, 7) is 4.19. The monoisotopic (exact) mass is 316 g/mol. The molecule has 1 aliphatic carbocycles. The van der Waals surface area contributed by atoms with Gasteiger partial charge in [-0.05, 0) is 24.0 Å². The predicted octanol–water partition coefficient (Wildman–Crippen LogP) is 2.08. The summed E-state index contributed by atoms with van der Waals surface area (Å²) < 4.78 is 11.1. The van der Waals surface area contributed by atoms with Crippen LogP contribution in [0, 0.1) is 5.41 Å². The first-order chi connectivity index (χ1) is 10.9. The summed E-state index contributed by atoms with van der Waals surface area (Å²) in [6, 6.07) is 7.21. The number of nitrogens with zero attached hydrogens (tertiary/aromatic N) is 1. The Morgan fingerprint density at radius 2 is 2.00 bits per heavy atom. The number of benzene rings is 1. The van der Waals surface area contributed by atoms with Crippen LogP contribution < -0.4 is 14.9 Å². The third-order valence-corrected chi connectivity index (χ3v) is 3.88. The zero-order chi connectivity index (χ0) is 16.4. The van der Waals surface area contributed by atoms with Crippen LogP contribution >= 0.6 is 0 Å². The average molecular weight is 316 g/mol. The molecule has 0 bridgehead atoms. The molecule has 1 aromatic carbocycles. The standard InChI is InChI=1S/C17H20N2O4/c1-17(2)8-11(7-12(20)9-17)18-19-16(21)15-10-22-13-5-3-4-6-14(13)23-15/h3-6,15H,7-10H2,1-2H3,(H,19,21)/t15-/m1/s1. The second-order valence-electron chi connectivity index (χ2n) is 6.75. The van der Waals surface area contributed by atoms with Gasteiger partial charge in [0.05, 0.1) is 0 Å². The van der Waals surface area contributed by atoms with E-state index < -0.39 is 6.10 Å². The van der Waals surface area contributed by atoms with Crippen molar-refractivity contribution < 1.29 is 19.1 Å². The minimum atomic E-state index is -0.749. The fourth-order valence-electron chi connectivity index (χ4n) is 2.94. The van der Waals surface area contributed by atoms with Gasteiger partial charge in [-0.15, -0.1) is 0 Å². The number of rotatable bonds is 2. The summed E-state index contributed by atoms with van der Waals surface area (Å²) >= 11 is 0. The highest BCUT2D eigenvalue weighted by Crippen LogP contribution is 2.32. The van der Waals surface area contributed by atoms with Crippen molar-refractivity contribution in [1.82, 2.24) is 5.43 Å². The van der Waals surface area contributed by atoms with Gasteiger partial charge in [-0.1, -0.05) is 26.0 Å². The number of para-hydroxylation sites is 2. The molecule has 1 aliphatic heterocycles. The van der Waals surface area contributed by atoms with Gasteiger partial charge in [-0.2, -0.15) is 5.10 Å². The van der Waals surface area contributed by atoms with Gasteiger partial charge in [0, 0.05) is 18.6 Å². The first-order valence-electron chi connectivity index (χ1n) is 7.68. The van der Waals surface area contributed by atoms with Gasteiger partial charge < -0.3 is 9.47 Å². The molecule has 1 heterocycles. The number of hydrogen-bond donors (Lipinski definition) is 1. The first kappa shape index (κ1) is 15.5. The van der Waals surface area contributed by atoms with E-state index in [1.54, 1.807) is 12.1 Å². The molecule has 6 heteroatoms. The van der Waals surface area contributed by atoms with Crippen LogP contribution in [0.4, 0.5) is 0 Å². The number of amides is 1. The summed E-state index contributed by atoms with van der Waals surface area (Å²) in [6.07, 6.45) is 0.802. The van der Waals surface area contributed by atoms with E-state index >= 15 is 0 Å². The lowest BCUT2D eigenvalue weighted by molar-refractivity contribution is -0.130. The van der Waals surface area contributed by atoms with E-state index in [2.05, 4.69) is 10.5 Å². The van der Waals surface area contributed by atoms with Crippen LogP contribution in [0.25, 0.3) is 0 Å². The normalized spacial score (nSPS) is 24.3. The van der Waals surface area contributed by atoms with Gasteiger partial charge in [0.15, 0.2) is 11.5 Å². The molecule has 23 heavy (non-hydrogen) atoms. The van der Waals surface area contributed by atoms with E-state index in [1.165, 1.54) is 0 Å². The van der Waals surface area contributed by atoms with Crippen molar-refractivity contribution >= 4 is 17.4 Å². The molecule has 1 atom stereocenters. The Balaban J connectivity index is 1.62. The summed E-state index contributed by atoms with van der Waals surface area (Å²) in [4.78, 5) is 23.9. The van der Waals surface area contributed by atoms with Crippen molar-refractivity contribution in [1.29, 1.82) is 0 Å². The van der Waals surface area contributed by atoms with Gasteiger partial charge >= 0.3 is 0 Å². The number of ether oxygens (including phenoxy) is 2. The molecule has 1 aromatic rings. The van der Waals surface area contributed by atoms with Gasteiger partial charge in [-0.3, -0.25) is 9.59 Å². The van der Waals surface area contributed by atoms with Crippen LogP contribution in [0.15, 0.2) is 29.4 Å². The number of hydrazone groups is 1. The molecule has 0 unspecified atom stereocenters. The number of hydrogen-bond acceptors (Lipinski definition) is 5. The molecular weight excluding hydrogens is 296 g/mol. The van der Waals surface area contributed by atoms with E-state index in [1.807, 2.05) is 26.0 Å². The van der Waals surface area contributed by atoms with Crippen LogP contribution in [-0.4, -0.2) is 30.1 Å². The molecule has 1 N–H and O–H groups in total. The molecule has 6 nitrogen and oxygen atoms in total. The summed E-state index contributed by atoms with van der Waals surface area (Å²) in [5, 5.41) is 4.12. The summed E-state index contributed by atoms with van der Waals surface area (Å²) in [7, 11) is 0. The third-order valence-electron chi connectivity index (χ3n) is 3.88. The fourth-order valence-corrected chi connectivity index (χ4v) is 2.94. The van der Waals surface area contributed by atoms with Crippen LogP contribution in [0.3, 0.4) is 0 Å². The van der Waals surface area contributed by atoms with Crippen molar-refractivity contribution in [3.8, 4) is 11.5 Å². The summed E-state index contributed by atoms with van der Waals surface area (Å²) in [5.74, 6) is 0.950. The maximum Gasteiger partial charge on any atom is 0.284 e.